The second-order valence-electron chi connectivity index (χ2n) is 15.5. The van der Waals surface area contributed by atoms with Gasteiger partial charge in [0.15, 0.2) is 5.69 Å². The zero-order chi connectivity index (χ0) is 37.4. The predicted molar refractivity (Wildman–Crippen MR) is 234 cm³/mol. The van der Waals surface area contributed by atoms with Crippen molar-refractivity contribution in [3.63, 3.8) is 0 Å². The van der Waals surface area contributed by atoms with Crippen LogP contribution in [0.1, 0.15) is 16.7 Å². The quantitative estimate of drug-likeness (QED) is 0.130. The molecular formula is C54H30N2. The molecule has 0 bridgehead atoms. The molecule has 12 rings (SSSR count). The normalized spacial score (nSPS) is 12.1. The Morgan fingerprint density at radius 2 is 0.946 bits per heavy atom. The summed E-state index contributed by atoms with van der Waals surface area (Å²) in [6, 6.07) is 55.3. The standard InChI is InChI=1S/C54H30N2/c1-29-16-17-30(2)43(24-29)52-39-23-21-34-35(45(39)27-47-37-13-5-9-33-11-7-15-42(50(33)37)54(47)52)20-22-38-44(34)26-46-36-12-4-8-32-10-6-14-41(49(32)36)53(46)51(38)40-19-18-31(28-55)25-48(40)56-3/h4-27H,1-2H3. The monoisotopic (exact) mass is 706 g/mol. The summed E-state index contributed by atoms with van der Waals surface area (Å²) in [6.45, 7) is 12.7. The van der Waals surface area contributed by atoms with E-state index >= 15 is 0 Å². The van der Waals surface area contributed by atoms with Gasteiger partial charge in [-0.25, -0.2) is 4.85 Å². The van der Waals surface area contributed by atoms with E-state index in [0.717, 1.165) is 27.5 Å². The number of aryl methyl sites for hydroxylation is 2. The summed E-state index contributed by atoms with van der Waals surface area (Å²) in [5.41, 5.74) is 17.9. The smallest absolute Gasteiger partial charge is 0.196 e. The Kier molecular flexibility index (Phi) is 6.08. The summed E-state index contributed by atoms with van der Waals surface area (Å²) in [6.07, 6.45) is 0. The molecule has 10 aromatic carbocycles. The van der Waals surface area contributed by atoms with Gasteiger partial charge in [-0.3, -0.25) is 0 Å². The number of nitriles is 1. The van der Waals surface area contributed by atoms with Gasteiger partial charge in [0.05, 0.1) is 12.6 Å². The molecule has 0 spiro atoms. The second kappa shape index (κ2) is 11.0. The van der Waals surface area contributed by atoms with Gasteiger partial charge in [-0.1, -0.05) is 127 Å². The van der Waals surface area contributed by atoms with Gasteiger partial charge in [0.1, 0.15) is 0 Å². The van der Waals surface area contributed by atoms with Crippen molar-refractivity contribution in [1.29, 1.82) is 5.26 Å². The Hall–Kier alpha value is -7.52. The van der Waals surface area contributed by atoms with E-state index in [1.165, 1.54) is 104 Å². The van der Waals surface area contributed by atoms with Crippen molar-refractivity contribution >= 4 is 59.5 Å². The minimum absolute atomic E-state index is 0.489. The van der Waals surface area contributed by atoms with Crippen molar-refractivity contribution in [3.8, 4) is 72.8 Å². The zero-order valence-electron chi connectivity index (χ0n) is 30.8. The molecule has 0 aromatic heterocycles. The van der Waals surface area contributed by atoms with Crippen molar-refractivity contribution in [3.05, 3.63) is 174 Å². The summed E-state index contributed by atoms with van der Waals surface area (Å²) in [7, 11) is 0. The third-order valence-electron chi connectivity index (χ3n) is 12.5. The molecule has 2 aliphatic carbocycles. The first-order valence-corrected chi connectivity index (χ1v) is 19.1. The van der Waals surface area contributed by atoms with E-state index in [9.17, 15) is 5.26 Å². The molecule has 10 aromatic rings. The summed E-state index contributed by atoms with van der Waals surface area (Å²) in [5.74, 6) is 0. The number of hydrogen-bond donors (Lipinski definition) is 0. The van der Waals surface area contributed by atoms with Crippen LogP contribution in [-0.4, -0.2) is 0 Å². The highest BCUT2D eigenvalue weighted by molar-refractivity contribution is 6.30. The minimum atomic E-state index is 0.489. The third-order valence-corrected chi connectivity index (χ3v) is 12.5. The number of nitrogens with zero attached hydrogens (tertiary/aromatic N) is 2. The number of rotatable bonds is 2. The maximum absolute atomic E-state index is 9.79. The Labute approximate surface area is 324 Å². The van der Waals surface area contributed by atoms with Gasteiger partial charge >= 0.3 is 0 Å². The van der Waals surface area contributed by atoms with E-state index in [1.54, 1.807) is 6.07 Å². The lowest BCUT2D eigenvalue weighted by Gasteiger charge is -2.20. The lowest BCUT2D eigenvalue weighted by Crippen LogP contribution is -1.94. The molecule has 2 heteroatoms. The van der Waals surface area contributed by atoms with Crippen molar-refractivity contribution < 1.29 is 0 Å². The molecule has 0 amide bonds. The molecule has 0 saturated heterocycles. The molecule has 2 aliphatic rings. The van der Waals surface area contributed by atoms with Crippen molar-refractivity contribution in [2.45, 2.75) is 13.8 Å². The summed E-state index contributed by atoms with van der Waals surface area (Å²) in [5, 5.41) is 22.0. The highest BCUT2D eigenvalue weighted by Crippen LogP contribution is 2.57. The van der Waals surface area contributed by atoms with Gasteiger partial charge in [0, 0.05) is 5.56 Å². The van der Waals surface area contributed by atoms with E-state index in [2.05, 4.69) is 152 Å². The Balaban J connectivity index is 1.25. The van der Waals surface area contributed by atoms with E-state index in [0.29, 0.717) is 11.3 Å². The molecule has 0 heterocycles. The van der Waals surface area contributed by atoms with Crippen LogP contribution in [0.4, 0.5) is 5.69 Å². The highest BCUT2D eigenvalue weighted by atomic mass is 14.6. The fourth-order valence-electron chi connectivity index (χ4n) is 10.2. The van der Waals surface area contributed by atoms with Crippen LogP contribution in [0, 0.1) is 31.8 Å². The highest BCUT2D eigenvalue weighted by Gasteiger charge is 2.30. The molecular weight excluding hydrogens is 677 g/mol. The molecule has 2 nitrogen and oxygen atoms in total. The Morgan fingerprint density at radius 1 is 0.429 bits per heavy atom. The van der Waals surface area contributed by atoms with Crippen LogP contribution < -0.4 is 0 Å². The average Bonchev–Trinajstić information content (AvgIpc) is 3.74. The molecule has 0 radical (unpaired) electrons. The van der Waals surface area contributed by atoms with Crippen LogP contribution in [0.3, 0.4) is 0 Å². The first-order valence-electron chi connectivity index (χ1n) is 19.1. The summed E-state index contributed by atoms with van der Waals surface area (Å²) < 4.78 is 0. The minimum Gasteiger partial charge on any atom is -0.237 e. The second-order valence-corrected chi connectivity index (χ2v) is 15.5. The Morgan fingerprint density at radius 3 is 1.48 bits per heavy atom. The topological polar surface area (TPSA) is 28.1 Å². The molecule has 0 unspecified atom stereocenters. The molecule has 256 valence electrons. The zero-order valence-corrected chi connectivity index (χ0v) is 30.8. The molecule has 0 N–H and O–H groups in total. The molecule has 0 aliphatic heterocycles. The number of benzene rings is 10. The first kappa shape index (κ1) is 30.9. The molecule has 0 fully saturated rings. The largest absolute Gasteiger partial charge is 0.237 e. The van der Waals surface area contributed by atoms with Crippen LogP contribution >= 0.6 is 0 Å². The fourth-order valence-corrected chi connectivity index (χ4v) is 10.2. The molecule has 0 atom stereocenters. The van der Waals surface area contributed by atoms with Crippen LogP contribution in [0.15, 0.2) is 146 Å². The maximum atomic E-state index is 9.79. The van der Waals surface area contributed by atoms with E-state index in [4.69, 9.17) is 6.57 Å². The van der Waals surface area contributed by atoms with Gasteiger partial charge < -0.3 is 0 Å². The van der Waals surface area contributed by atoms with Gasteiger partial charge in [-0.15, -0.1) is 0 Å². The Bertz CT molecular complexity index is 3560. The van der Waals surface area contributed by atoms with Crippen molar-refractivity contribution in [2.75, 3.05) is 0 Å². The van der Waals surface area contributed by atoms with Gasteiger partial charge in [0.2, 0.25) is 0 Å². The van der Waals surface area contributed by atoms with Crippen LogP contribution in [0.25, 0.3) is 125 Å². The van der Waals surface area contributed by atoms with E-state index in [1.807, 2.05) is 12.1 Å². The van der Waals surface area contributed by atoms with Gasteiger partial charge in [0.25, 0.3) is 0 Å². The van der Waals surface area contributed by atoms with Crippen molar-refractivity contribution in [2.24, 2.45) is 0 Å². The fraction of sp³-hybridized carbons (Fsp3) is 0.0370. The van der Waals surface area contributed by atoms with Crippen molar-refractivity contribution in [1.82, 2.24) is 0 Å². The van der Waals surface area contributed by atoms with E-state index in [-0.39, 0.29) is 0 Å². The lowest BCUT2D eigenvalue weighted by atomic mass is 9.83. The average molecular weight is 707 g/mol. The maximum Gasteiger partial charge on any atom is 0.196 e. The van der Waals surface area contributed by atoms with Crippen LogP contribution in [-0.2, 0) is 0 Å². The first-order chi connectivity index (χ1) is 27.5. The van der Waals surface area contributed by atoms with Gasteiger partial charge in [-0.2, -0.15) is 5.26 Å². The molecule has 0 saturated carbocycles. The summed E-state index contributed by atoms with van der Waals surface area (Å²) >= 11 is 0. The van der Waals surface area contributed by atoms with Gasteiger partial charge in [-0.05, 0) is 164 Å². The third kappa shape index (κ3) is 3.93. The van der Waals surface area contributed by atoms with E-state index < -0.39 is 0 Å². The van der Waals surface area contributed by atoms with Crippen LogP contribution in [0.5, 0.6) is 0 Å². The lowest BCUT2D eigenvalue weighted by molar-refractivity contribution is 1.40. The number of hydrogen-bond acceptors (Lipinski definition) is 1. The number of fused-ring (bicyclic) bond motifs is 11. The molecule has 56 heavy (non-hydrogen) atoms. The van der Waals surface area contributed by atoms with Crippen LogP contribution in [0.2, 0.25) is 0 Å². The predicted octanol–water partition coefficient (Wildman–Crippen LogP) is 15.1. The SMILES string of the molecule is [C-]#[N+]c1cc(C#N)ccc1-c1c2c(cc3c1ccc1c4cc5c(c(-c6cc(C)ccc6C)c4ccc31)-c1cccc3cccc-5c13)-c1cccc3cccc-2c13. The summed E-state index contributed by atoms with van der Waals surface area (Å²) in [4.78, 5) is 4.01.